The van der Waals surface area contributed by atoms with Gasteiger partial charge in [0.1, 0.15) is 10.1 Å². The number of rotatable bonds is 4. The highest BCUT2D eigenvalue weighted by atomic mass is 32.2. The van der Waals surface area contributed by atoms with Gasteiger partial charge in [0.15, 0.2) is 0 Å². The van der Waals surface area contributed by atoms with E-state index in [1.165, 1.54) is 17.3 Å². The fourth-order valence-electron chi connectivity index (χ4n) is 2.36. The highest BCUT2D eigenvalue weighted by Crippen LogP contribution is 2.33. The number of hydrogen-bond donors (Lipinski definition) is 0. The number of thiocarbonyl (C=S) groups is 1. The van der Waals surface area contributed by atoms with Crippen molar-refractivity contribution in [1.29, 1.82) is 0 Å². The normalized spacial score (nSPS) is 16.1. The molecule has 0 aliphatic carbocycles. The van der Waals surface area contributed by atoms with Gasteiger partial charge in [-0.05, 0) is 36.3 Å². The Bertz CT molecular complexity index is 795. The van der Waals surface area contributed by atoms with E-state index in [-0.39, 0.29) is 5.91 Å². The van der Waals surface area contributed by atoms with Crippen LogP contribution in [0.4, 0.5) is 0 Å². The average molecular weight is 355 g/mol. The second-order valence-electron chi connectivity index (χ2n) is 5.53. The predicted octanol–water partition coefficient (Wildman–Crippen LogP) is 4.41. The summed E-state index contributed by atoms with van der Waals surface area (Å²) < 4.78 is 5.75. The van der Waals surface area contributed by atoms with Crippen molar-refractivity contribution in [1.82, 2.24) is 4.90 Å². The number of thioether (sulfide) groups is 1. The summed E-state index contributed by atoms with van der Waals surface area (Å²) in [7, 11) is 1.63. The summed E-state index contributed by atoms with van der Waals surface area (Å²) in [6, 6.07) is 15.7. The van der Waals surface area contributed by atoms with Gasteiger partial charge in [0.05, 0.1) is 18.6 Å². The van der Waals surface area contributed by atoms with Gasteiger partial charge in [-0.3, -0.25) is 9.69 Å². The molecule has 0 saturated carbocycles. The molecule has 1 heterocycles. The topological polar surface area (TPSA) is 29.5 Å². The third-order valence-electron chi connectivity index (χ3n) is 3.75. The molecule has 1 aliphatic rings. The molecule has 0 unspecified atom stereocenters. The molecule has 1 amide bonds. The van der Waals surface area contributed by atoms with Crippen LogP contribution in [-0.4, -0.2) is 22.2 Å². The number of carbonyl (C=O) groups is 1. The Morgan fingerprint density at radius 2 is 1.79 bits per heavy atom. The third kappa shape index (κ3) is 3.68. The molecule has 3 rings (SSSR count). The van der Waals surface area contributed by atoms with E-state index in [1.807, 2.05) is 61.5 Å². The molecule has 0 spiro atoms. The van der Waals surface area contributed by atoms with Gasteiger partial charge in [-0.25, -0.2) is 0 Å². The highest BCUT2D eigenvalue weighted by Gasteiger charge is 2.31. The van der Waals surface area contributed by atoms with E-state index in [9.17, 15) is 4.79 Å². The first kappa shape index (κ1) is 16.7. The number of amides is 1. The van der Waals surface area contributed by atoms with Gasteiger partial charge in [-0.15, -0.1) is 0 Å². The van der Waals surface area contributed by atoms with Crippen LogP contribution in [0.3, 0.4) is 0 Å². The zero-order chi connectivity index (χ0) is 17.1. The maximum atomic E-state index is 12.6. The molecule has 1 aliphatic heterocycles. The second-order valence-corrected chi connectivity index (χ2v) is 7.20. The number of aryl methyl sites for hydroxylation is 1. The molecule has 5 heteroatoms. The van der Waals surface area contributed by atoms with Crippen LogP contribution in [0.5, 0.6) is 5.75 Å². The van der Waals surface area contributed by atoms with Crippen molar-refractivity contribution in [3.8, 4) is 5.75 Å². The molecule has 1 fully saturated rings. The average Bonchev–Trinajstić information content (AvgIpc) is 2.85. The molecular weight excluding hydrogens is 338 g/mol. The molecule has 0 radical (unpaired) electrons. The molecular formula is C19H17NO2S2. The maximum Gasteiger partial charge on any atom is 0.266 e. The molecule has 0 aromatic heterocycles. The SMILES string of the molecule is COc1ccc(CN2C(=O)/C(=C/c3ccc(C)cc3)SC2=S)cc1. The van der Waals surface area contributed by atoms with Crippen LogP contribution in [0.2, 0.25) is 0 Å². The van der Waals surface area contributed by atoms with Crippen LogP contribution in [0.15, 0.2) is 53.4 Å². The fourth-order valence-corrected chi connectivity index (χ4v) is 3.62. The van der Waals surface area contributed by atoms with Crippen LogP contribution in [0, 0.1) is 6.92 Å². The van der Waals surface area contributed by atoms with Crippen molar-refractivity contribution in [2.24, 2.45) is 0 Å². The molecule has 2 aromatic rings. The lowest BCUT2D eigenvalue weighted by Gasteiger charge is -2.14. The van der Waals surface area contributed by atoms with Crippen LogP contribution in [-0.2, 0) is 11.3 Å². The highest BCUT2D eigenvalue weighted by molar-refractivity contribution is 8.26. The summed E-state index contributed by atoms with van der Waals surface area (Å²) in [5.41, 5.74) is 3.22. The minimum absolute atomic E-state index is 0.0404. The van der Waals surface area contributed by atoms with Gasteiger partial charge < -0.3 is 4.74 Å². The van der Waals surface area contributed by atoms with E-state index in [0.29, 0.717) is 15.8 Å². The van der Waals surface area contributed by atoms with Gasteiger partial charge in [-0.2, -0.15) is 0 Å². The van der Waals surface area contributed by atoms with E-state index in [1.54, 1.807) is 12.0 Å². The van der Waals surface area contributed by atoms with Crippen molar-refractivity contribution in [2.75, 3.05) is 7.11 Å². The minimum Gasteiger partial charge on any atom is -0.497 e. The van der Waals surface area contributed by atoms with E-state index < -0.39 is 0 Å². The van der Waals surface area contributed by atoms with Crippen molar-refractivity contribution in [3.63, 3.8) is 0 Å². The second kappa shape index (κ2) is 7.20. The summed E-state index contributed by atoms with van der Waals surface area (Å²) in [6.45, 7) is 2.51. The molecule has 24 heavy (non-hydrogen) atoms. The Hall–Kier alpha value is -2.11. The van der Waals surface area contributed by atoms with Gasteiger partial charge in [0.25, 0.3) is 5.91 Å². The number of methoxy groups -OCH3 is 1. The monoisotopic (exact) mass is 355 g/mol. The Labute approximate surface area is 151 Å². The zero-order valence-corrected chi connectivity index (χ0v) is 15.1. The van der Waals surface area contributed by atoms with Crippen molar-refractivity contribution >= 4 is 40.3 Å². The van der Waals surface area contributed by atoms with E-state index >= 15 is 0 Å². The third-order valence-corrected chi connectivity index (χ3v) is 5.13. The van der Waals surface area contributed by atoms with Gasteiger partial charge in [0.2, 0.25) is 0 Å². The molecule has 3 nitrogen and oxygen atoms in total. The van der Waals surface area contributed by atoms with Crippen LogP contribution >= 0.6 is 24.0 Å². The Morgan fingerprint density at radius 3 is 2.42 bits per heavy atom. The first-order valence-corrected chi connectivity index (χ1v) is 8.74. The Morgan fingerprint density at radius 1 is 1.12 bits per heavy atom. The molecule has 0 atom stereocenters. The largest absolute Gasteiger partial charge is 0.497 e. The lowest BCUT2D eigenvalue weighted by Crippen LogP contribution is -2.27. The number of nitrogens with zero attached hydrogens (tertiary/aromatic N) is 1. The maximum absolute atomic E-state index is 12.6. The number of benzene rings is 2. The summed E-state index contributed by atoms with van der Waals surface area (Å²) >= 11 is 6.73. The lowest BCUT2D eigenvalue weighted by molar-refractivity contribution is -0.122. The Kier molecular flexibility index (Phi) is 5.02. The molecule has 0 bridgehead atoms. The van der Waals surface area contributed by atoms with Crippen molar-refractivity contribution in [3.05, 3.63) is 70.1 Å². The summed E-state index contributed by atoms with van der Waals surface area (Å²) in [5, 5.41) is 0. The quantitative estimate of drug-likeness (QED) is 0.600. The van der Waals surface area contributed by atoms with Crippen molar-refractivity contribution < 1.29 is 9.53 Å². The molecule has 2 aromatic carbocycles. The number of carbonyl (C=O) groups excluding carboxylic acids is 1. The standard InChI is InChI=1S/C19H17NO2S2/c1-13-3-5-14(6-4-13)11-17-18(21)20(19(23)24-17)12-15-7-9-16(22-2)10-8-15/h3-11H,12H2,1-2H3/b17-11-. The zero-order valence-electron chi connectivity index (χ0n) is 13.5. The van der Waals surface area contributed by atoms with Crippen LogP contribution in [0.25, 0.3) is 6.08 Å². The fraction of sp³-hybridized carbons (Fsp3) is 0.158. The molecule has 122 valence electrons. The summed E-state index contributed by atoms with van der Waals surface area (Å²) in [6.07, 6.45) is 1.90. The first-order valence-electron chi connectivity index (χ1n) is 7.52. The van der Waals surface area contributed by atoms with Gasteiger partial charge in [0, 0.05) is 0 Å². The Balaban J connectivity index is 1.77. The predicted molar refractivity (Wildman–Crippen MR) is 103 cm³/mol. The van der Waals surface area contributed by atoms with Gasteiger partial charge >= 0.3 is 0 Å². The van der Waals surface area contributed by atoms with E-state index in [4.69, 9.17) is 17.0 Å². The van der Waals surface area contributed by atoms with Gasteiger partial charge in [-0.1, -0.05) is 65.9 Å². The number of ether oxygens (including phenoxy) is 1. The molecule has 0 N–H and O–H groups in total. The molecule has 1 saturated heterocycles. The lowest BCUT2D eigenvalue weighted by atomic mass is 10.1. The minimum atomic E-state index is -0.0404. The van der Waals surface area contributed by atoms with Crippen LogP contribution in [0.1, 0.15) is 16.7 Å². The van der Waals surface area contributed by atoms with E-state index in [2.05, 4.69) is 0 Å². The summed E-state index contributed by atoms with van der Waals surface area (Å²) in [4.78, 5) is 14.9. The smallest absolute Gasteiger partial charge is 0.266 e. The van der Waals surface area contributed by atoms with E-state index in [0.717, 1.165) is 16.9 Å². The first-order chi connectivity index (χ1) is 11.6. The van der Waals surface area contributed by atoms with Crippen LogP contribution < -0.4 is 4.74 Å². The number of hydrogen-bond acceptors (Lipinski definition) is 4. The summed E-state index contributed by atoms with van der Waals surface area (Å²) in [5.74, 6) is 0.754. The van der Waals surface area contributed by atoms with Crippen molar-refractivity contribution in [2.45, 2.75) is 13.5 Å².